The van der Waals surface area contributed by atoms with Gasteiger partial charge in [0.2, 0.25) is 0 Å². The van der Waals surface area contributed by atoms with Gasteiger partial charge >= 0.3 is 11.9 Å². The molecule has 0 aliphatic carbocycles. The van der Waals surface area contributed by atoms with Crippen LogP contribution in [0.25, 0.3) is 0 Å². The second kappa shape index (κ2) is 36.2. The predicted octanol–water partition coefficient (Wildman–Crippen LogP) is 12.8. The van der Waals surface area contributed by atoms with Crippen LogP contribution in [-0.4, -0.2) is 50.2 Å². The van der Waals surface area contributed by atoms with Crippen molar-refractivity contribution in [2.24, 2.45) is 5.92 Å². The van der Waals surface area contributed by atoms with Gasteiger partial charge in [0.25, 0.3) is 0 Å². The Labute approximate surface area is 294 Å². The Morgan fingerprint density at radius 3 is 1.36 bits per heavy atom. The molecule has 0 saturated carbocycles. The van der Waals surface area contributed by atoms with Crippen LogP contribution < -0.4 is 0 Å². The molecular formula is C42H83NO4. The summed E-state index contributed by atoms with van der Waals surface area (Å²) in [5.41, 5.74) is 0. The standard InChI is InChI=1S/C42H83NO4/c1-6-9-11-13-15-17-19-21-23-27-33-39(32-26-22-20-18-16-14-12-10-7-2)38-46-41(44)35-29-25-24-28-34-40(31-8-3)47-42(45)36-30-37-43(4)5/h39-40H,6-38H2,1-5H3. The number of hydrogen-bond donors (Lipinski definition) is 0. The maximum absolute atomic E-state index is 12.6. The molecule has 0 aliphatic rings. The van der Waals surface area contributed by atoms with E-state index in [4.69, 9.17) is 9.47 Å². The van der Waals surface area contributed by atoms with Crippen molar-refractivity contribution in [3.63, 3.8) is 0 Å². The number of carbonyl (C=O) groups excluding carboxylic acids is 2. The molecule has 0 radical (unpaired) electrons. The summed E-state index contributed by atoms with van der Waals surface area (Å²) >= 11 is 0. The molecule has 0 spiro atoms. The molecule has 0 N–H and O–H groups in total. The molecule has 47 heavy (non-hydrogen) atoms. The SMILES string of the molecule is CCCCCCCCCCCCC(CCCCCCCCCCC)COC(=O)CCCCCCC(CCC)OC(=O)CCCN(C)C. The van der Waals surface area contributed by atoms with Crippen LogP contribution in [0.15, 0.2) is 0 Å². The van der Waals surface area contributed by atoms with Gasteiger partial charge in [-0.25, -0.2) is 0 Å². The Bertz CT molecular complexity index is 667. The van der Waals surface area contributed by atoms with E-state index in [1.807, 2.05) is 14.1 Å². The second-order valence-electron chi connectivity index (χ2n) is 14.9. The first-order valence-corrected chi connectivity index (χ1v) is 20.9. The quantitative estimate of drug-likeness (QED) is 0.0488. The van der Waals surface area contributed by atoms with Gasteiger partial charge in [0.15, 0.2) is 0 Å². The van der Waals surface area contributed by atoms with Gasteiger partial charge in [0.1, 0.15) is 6.10 Å². The van der Waals surface area contributed by atoms with Crippen molar-refractivity contribution in [1.82, 2.24) is 4.90 Å². The number of rotatable bonds is 37. The fourth-order valence-electron chi connectivity index (χ4n) is 6.62. The molecule has 5 nitrogen and oxygen atoms in total. The van der Waals surface area contributed by atoms with Crippen LogP contribution in [0.1, 0.15) is 220 Å². The molecule has 0 aromatic heterocycles. The zero-order chi connectivity index (χ0) is 34.6. The van der Waals surface area contributed by atoms with E-state index in [9.17, 15) is 9.59 Å². The number of esters is 2. The number of hydrogen-bond acceptors (Lipinski definition) is 5. The molecule has 0 heterocycles. The van der Waals surface area contributed by atoms with E-state index in [1.54, 1.807) is 0 Å². The number of unbranched alkanes of at least 4 members (excludes halogenated alkanes) is 20. The monoisotopic (exact) mass is 666 g/mol. The molecule has 0 saturated heterocycles. The molecule has 280 valence electrons. The van der Waals surface area contributed by atoms with Gasteiger partial charge in [-0.3, -0.25) is 9.59 Å². The molecule has 0 aromatic rings. The van der Waals surface area contributed by atoms with E-state index >= 15 is 0 Å². The van der Waals surface area contributed by atoms with E-state index in [0.29, 0.717) is 25.4 Å². The maximum Gasteiger partial charge on any atom is 0.306 e. The van der Waals surface area contributed by atoms with E-state index in [1.165, 1.54) is 135 Å². The van der Waals surface area contributed by atoms with Crippen molar-refractivity contribution in [2.75, 3.05) is 27.2 Å². The third-order valence-electron chi connectivity index (χ3n) is 9.71. The lowest BCUT2D eigenvalue weighted by molar-refractivity contribution is -0.150. The topological polar surface area (TPSA) is 55.8 Å². The molecule has 2 atom stereocenters. The van der Waals surface area contributed by atoms with Crippen molar-refractivity contribution < 1.29 is 19.1 Å². The van der Waals surface area contributed by atoms with Gasteiger partial charge in [-0.15, -0.1) is 0 Å². The zero-order valence-corrected chi connectivity index (χ0v) is 32.6. The average Bonchev–Trinajstić information content (AvgIpc) is 3.04. The lowest BCUT2D eigenvalue weighted by Gasteiger charge is -2.18. The van der Waals surface area contributed by atoms with Crippen LogP contribution in [0, 0.1) is 5.92 Å². The smallest absolute Gasteiger partial charge is 0.306 e. The minimum absolute atomic E-state index is 0.0133. The molecule has 0 amide bonds. The van der Waals surface area contributed by atoms with Gasteiger partial charge in [-0.05, 0) is 71.5 Å². The Hall–Kier alpha value is -1.10. The van der Waals surface area contributed by atoms with Crippen molar-refractivity contribution in [2.45, 2.75) is 226 Å². The first kappa shape index (κ1) is 45.9. The van der Waals surface area contributed by atoms with Crippen molar-refractivity contribution in [3.8, 4) is 0 Å². The van der Waals surface area contributed by atoms with Crippen molar-refractivity contribution in [3.05, 3.63) is 0 Å². The van der Waals surface area contributed by atoms with E-state index in [2.05, 4.69) is 25.7 Å². The fourth-order valence-corrected chi connectivity index (χ4v) is 6.62. The number of carbonyl (C=O) groups is 2. The van der Waals surface area contributed by atoms with Gasteiger partial charge in [0.05, 0.1) is 6.61 Å². The third kappa shape index (κ3) is 34.6. The summed E-state index contributed by atoms with van der Waals surface area (Å²) in [6, 6.07) is 0. The van der Waals surface area contributed by atoms with Crippen LogP contribution in [0.4, 0.5) is 0 Å². The normalized spacial score (nSPS) is 12.8. The van der Waals surface area contributed by atoms with Gasteiger partial charge in [-0.1, -0.05) is 162 Å². The molecule has 0 aliphatic heterocycles. The molecule has 2 unspecified atom stereocenters. The fraction of sp³-hybridized carbons (Fsp3) is 0.952. The highest BCUT2D eigenvalue weighted by Gasteiger charge is 2.15. The minimum atomic E-state index is -0.0580. The highest BCUT2D eigenvalue weighted by Crippen LogP contribution is 2.21. The van der Waals surface area contributed by atoms with Crippen molar-refractivity contribution >= 4 is 11.9 Å². The van der Waals surface area contributed by atoms with E-state index in [0.717, 1.165) is 57.9 Å². The van der Waals surface area contributed by atoms with E-state index < -0.39 is 0 Å². The van der Waals surface area contributed by atoms with Crippen LogP contribution in [0.3, 0.4) is 0 Å². The highest BCUT2D eigenvalue weighted by molar-refractivity contribution is 5.69. The molecule has 5 heteroatoms. The van der Waals surface area contributed by atoms with Gasteiger partial charge in [0, 0.05) is 12.8 Å². The van der Waals surface area contributed by atoms with Crippen LogP contribution >= 0.6 is 0 Å². The minimum Gasteiger partial charge on any atom is -0.465 e. The number of nitrogens with zero attached hydrogens (tertiary/aromatic N) is 1. The summed E-state index contributed by atoms with van der Waals surface area (Å²) in [7, 11) is 4.06. The lowest BCUT2D eigenvalue weighted by Crippen LogP contribution is -2.20. The highest BCUT2D eigenvalue weighted by atomic mass is 16.5. The van der Waals surface area contributed by atoms with Crippen LogP contribution in [-0.2, 0) is 19.1 Å². The van der Waals surface area contributed by atoms with Crippen LogP contribution in [0.2, 0.25) is 0 Å². The Balaban J connectivity index is 4.26. The Morgan fingerprint density at radius 1 is 0.468 bits per heavy atom. The zero-order valence-electron chi connectivity index (χ0n) is 32.6. The van der Waals surface area contributed by atoms with Crippen LogP contribution in [0.5, 0.6) is 0 Å². The second-order valence-corrected chi connectivity index (χ2v) is 14.9. The largest absolute Gasteiger partial charge is 0.465 e. The summed E-state index contributed by atoms with van der Waals surface area (Å²) in [4.78, 5) is 26.9. The van der Waals surface area contributed by atoms with Crippen molar-refractivity contribution in [1.29, 1.82) is 0 Å². The summed E-state index contributed by atoms with van der Waals surface area (Å²) in [6.07, 6.45) is 37.2. The summed E-state index contributed by atoms with van der Waals surface area (Å²) in [5, 5.41) is 0. The predicted molar refractivity (Wildman–Crippen MR) is 203 cm³/mol. The Kier molecular flexibility index (Phi) is 35.3. The molecule has 0 rings (SSSR count). The average molecular weight is 666 g/mol. The molecule has 0 bridgehead atoms. The van der Waals surface area contributed by atoms with Gasteiger partial charge < -0.3 is 14.4 Å². The summed E-state index contributed by atoms with van der Waals surface area (Å²) in [6.45, 7) is 8.25. The van der Waals surface area contributed by atoms with E-state index in [-0.39, 0.29) is 18.0 Å². The van der Waals surface area contributed by atoms with Gasteiger partial charge in [-0.2, -0.15) is 0 Å². The molecule has 0 fully saturated rings. The first-order valence-electron chi connectivity index (χ1n) is 20.9. The lowest BCUT2D eigenvalue weighted by atomic mass is 9.94. The Morgan fingerprint density at radius 2 is 0.894 bits per heavy atom. The summed E-state index contributed by atoms with van der Waals surface area (Å²) in [5.74, 6) is 0.455. The molecular weight excluding hydrogens is 582 g/mol. The summed E-state index contributed by atoms with van der Waals surface area (Å²) < 4.78 is 11.6. The maximum atomic E-state index is 12.6. The molecule has 0 aromatic carbocycles. The third-order valence-corrected chi connectivity index (χ3v) is 9.71. The first-order chi connectivity index (χ1) is 22.9. The number of ether oxygens (including phenoxy) is 2.